The van der Waals surface area contributed by atoms with Gasteiger partial charge in [-0.3, -0.25) is 34.5 Å². The Bertz CT molecular complexity index is 2490. The van der Waals surface area contributed by atoms with Gasteiger partial charge in [-0.05, 0) is 97.0 Å². The maximum atomic E-state index is 15.5. The predicted octanol–water partition coefficient (Wildman–Crippen LogP) is 5.50. The summed E-state index contributed by atoms with van der Waals surface area (Å²) in [5.41, 5.74) is 5.40. The van der Waals surface area contributed by atoms with E-state index >= 15 is 4.39 Å². The lowest BCUT2D eigenvalue weighted by atomic mass is 10.0. The first kappa shape index (κ1) is 39.2. The molecule has 60 heavy (non-hydrogen) atoms. The van der Waals surface area contributed by atoms with E-state index in [0.717, 1.165) is 30.2 Å². The molecule has 1 unspecified atom stereocenters. The Morgan fingerprint density at radius 1 is 0.867 bits per heavy atom. The van der Waals surface area contributed by atoms with E-state index in [-0.39, 0.29) is 49.2 Å². The summed E-state index contributed by atoms with van der Waals surface area (Å²) >= 11 is 0. The summed E-state index contributed by atoms with van der Waals surface area (Å²) in [7, 11) is 0. The number of hydrogen-bond acceptors (Lipinski definition) is 9. The molecule has 0 radical (unpaired) electrons. The molecule has 4 N–H and O–H groups in total. The third-order valence-corrected chi connectivity index (χ3v) is 11.8. The van der Waals surface area contributed by atoms with Gasteiger partial charge >= 0.3 is 0 Å². The highest BCUT2D eigenvalue weighted by Gasteiger charge is 2.39. The number of rotatable bonds is 10. The van der Waals surface area contributed by atoms with Crippen LogP contribution in [0.5, 0.6) is 0 Å². The normalized spacial score (nSPS) is 18.9. The predicted molar refractivity (Wildman–Crippen MR) is 217 cm³/mol. The summed E-state index contributed by atoms with van der Waals surface area (Å²) < 4.78 is 48.8. The standard InChI is InChI=1S/C44H43F3N8O5/c45-29-16-26(17-30(46)20-29)15-25-1-4-37-35(18-25)41(52-51-37)50-42(57)33-3-2-32(21-38(33)48-31-7-13-60-14-8-31)54-11-9-53(10-12-54)23-28-19-27-24-55(44(59)34(27)22-36(28)47)39-5-6-40(56)49-43(39)58/h1-4,16-22,31,39,48H,5-15,23-24H2,(H,49,56,58)(H2,50,51,52,57). The fraction of sp³-hybridized carbons (Fsp3) is 0.341. The van der Waals surface area contributed by atoms with E-state index in [1.54, 1.807) is 12.1 Å². The zero-order chi connectivity index (χ0) is 41.5. The Balaban J connectivity index is 0.879. The number of halogens is 3. The van der Waals surface area contributed by atoms with Crippen LogP contribution in [0, 0.1) is 17.5 Å². The molecule has 0 spiro atoms. The molecule has 4 amide bonds. The smallest absolute Gasteiger partial charge is 0.258 e. The number of fused-ring (bicyclic) bond motifs is 2. The number of imide groups is 1. The number of H-pyrrole nitrogens is 1. The molecule has 310 valence electrons. The number of benzene rings is 4. The van der Waals surface area contributed by atoms with Gasteiger partial charge in [0.25, 0.3) is 11.8 Å². The number of aromatic nitrogens is 2. The molecule has 5 heterocycles. The first-order valence-electron chi connectivity index (χ1n) is 20.2. The second-order valence-electron chi connectivity index (χ2n) is 15.9. The third kappa shape index (κ3) is 8.16. The van der Waals surface area contributed by atoms with Crippen LogP contribution in [0.2, 0.25) is 0 Å². The number of amides is 4. The Labute approximate surface area is 343 Å². The molecular weight excluding hydrogens is 778 g/mol. The highest BCUT2D eigenvalue weighted by Crippen LogP contribution is 2.32. The minimum Gasteiger partial charge on any atom is -0.381 e. The number of anilines is 3. The molecular formula is C44H43F3N8O5. The van der Waals surface area contributed by atoms with Crippen molar-refractivity contribution in [3.8, 4) is 0 Å². The minimum absolute atomic E-state index is 0.104. The van der Waals surface area contributed by atoms with Gasteiger partial charge in [0.1, 0.15) is 23.5 Å². The maximum absolute atomic E-state index is 15.5. The Morgan fingerprint density at radius 2 is 1.65 bits per heavy atom. The van der Waals surface area contributed by atoms with E-state index in [0.29, 0.717) is 90.6 Å². The zero-order valence-electron chi connectivity index (χ0n) is 32.7. The van der Waals surface area contributed by atoms with Gasteiger partial charge in [-0.2, -0.15) is 5.10 Å². The molecule has 4 aromatic carbocycles. The number of carbonyl (C=O) groups excluding carboxylic acids is 4. The molecule has 5 aromatic rings. The van der Waals surface area contributed by atoms with Gasteiger partial charge in [0.2, 0.25) is 11.8 Å². The van der Waals surface area contributed by atoms with E-state index < -0.39 is 35.3 Å². The molecule has 0 aliphatic carbocycles. The lowest BCUT2D eigenvalue weighted by molar-refractivity contribution is -0.136. The summed E-state index contributed by atoms with van der Waals surface area (Å²) in [6, 6.07) is 17.0. The summed E-state index contributed by atoms with van der Waals surface area (Å²) in [5.74, 6) is -3.07. The molecule has 4 aliphatic rings. The lowest BCUT2D eigenvalue weighted by Gasteiger charge is -2.36. The monoisotopic (exact) mass is 820 g/mol. The lowest BCUT2D eigenvalue weighted by Crippen LogP contribution is -2.52. The largest absolute Gasteiger partial charge is 0.381 e. The van der Waals surface area contributed by atoms with Crippen LogP contribution in [-0.4, -0.2) is 95.1 Å². The Hall–Kier alpha value is -6.26. The SMILES string of the molecule is O=C1CCC(N2Cc3cc(CN4CCN(c5ccc(C(=O)Nc6n[nH]c7ccc(Cc8cc(F)cc(F)c8)cc67)c(NC6CCOCC6)c5)CC4)c(F)cc3C2=O)C(=O)N1. The third-order valence-electron chi connectivity index (χ3n) is 11.8. The summed E-state index contributed by atoms with van der Waals surface area (Å²) in [6.07, 6.45) is 2.25. The van der Waals surface area contributed by atoms with E-state index in [2.05, 4.69) is 35.9 Å². The van der Waals surface area contributed by atoms with E-state index in [1.165, 1.54) is 23.1 Å². The van der Waals surface area contributed by atoms with Crippen molar-refractivity contribution in [3.63, 3.8) is 0 Å². The van der Waals surface area contributed by atoms with Crippen LogP contribution in [0.15, 0.2) is 66.7 Å². The van der Waals surface area contributed by atoms with Crippen LogP contribution in [-0.2, 0) is 33.8 Å². The summed E-state index contributed by atoms with van der Waals surface area (Å²) in [6.45, 7) is 4.35. The van der Waals surface area contributed by atoms with Crippen LogP contribution in [0.3, 0.4) is 0 Å². The molecule has 9 rings (SSSR count). The second-order valence-corrected chi connectivity index (χ2v) is 15.9. The Kier molecular flexibility index (Phi) is 10.7. The number of aromatic amines is 1. The molecule has 1 atom stereocenters. The van der Waals surface area contributed by atoms with Crippen molar-refractivity contribution in [1.82, 2.24) is 25.3 Å². The number of piperidine rings is 1. The van der Waals surface area contributed by atoms with Gasteiger partial charge in [0.05, 0.1) is 11.1 Å². The van der Waals surface area contributed by atoms with E-state index in [4.69, 9.17) is 4.74 Å². The topological polar surface area (TPSA) is 152 Å². The van der Waals surface area contributed by atoms with Crippen LogP contribution in [0.4, 0.5) is 30.4 Å². The van der Waals surface area contributed by atoms with Crippen molar-refractivity contribution in [2.45, 2.75) is 57.3 Å². The number of carbonyl (C=O) groups is 4. The van der Waals surface area contributed by atoms with Gasteiger partial charge in [-0.25, -0.2) is 13.2 Å². The van der Waals surface area contributed by atoms with Crippen molar-refractivity contribution >= 4 is 51.7 Å². The highest BCUT2D eigenvalue weighted by molar-refractivity contribution is 6.11. The molecule has 0 bridgehead atoms. The van der Waals surface area contributed by atoms with Gasteiger partial charge in [0.15, 0.2) is 5.82 Å². The zero-order valence-corrected chi connectivity index (χ0v) is 32.7. The molecule has 13 nitrogen and oxygen atoms in total. The van der Waals surface area contributed by atoms with Gasteiger partial charge in [-0.15, -0.1) is 0 Å². The average Bonchev–Trinajstić information content (AvgIpc) is 3.77. The molecule has 0 saturated carbocycles. The van der Waals surface area contributed by atoms with Gasteiger partial charge in [0, 0.05) is 98.9 Å². The van der Waals surface area contributed by atoms with E-state index in [9.17, 15) is 28.0 Å². The fourth-order valence-corrected chi connectivity index (χ4v) is 8.66. The molecule has 3 fully saturated rings. The number of hydrogen-bond donors (Lipinski definition) is 4. The summed E-state index contributed by atoms with van der Waals surface area (Å²) in [4.78, 5) is 57.1. The average molecular weight is 821 g/mol. The molecule has 16 heteroatoms. The Morgan fingerprint density at radius 3 is 2.42 bits per heavy atom. The van der Waals surface area contributed by atoms with Crippen molar-refractivity contribution in [1.29, 1.82) is 0 Å². The number of ether oxygens (including phenoxy) is 1. The van der Waals surface area contributed by atoms with Crippen LogP contribution in [0.25, 0.3) is 10.9 Å². The minimum atomic E-state index is -0.765. The molecule has 3 saturated heterocycles. The van der Waals surface area contributed by atoms with Crippen LogP contribution in [0.1, 0.15) is 68.7 Å². The number of nitrogens with one attached hydrogen (secondary N) is 4. The van der Waals surface area contributed by atoms with Crippen LogP contribution < -0.4 is 20.9 Å². The van der Waals surface area contributed by atoms with Gasteiger partial charge in [-0.1, -0.05) is 6.07 Å². The first-order chi connectivity index (χ1) is 29.0. The van der Waals surface area contributed by atoms with Crippen LogP contribution >= 0.6 is 0 Å². The van der Waals surface area contributed by atoms with Crippen molar-refractivity contribution in [2.75, 3.05) is 54.9 Å². The van der Waals surface area contributed by atoms with Crippen molar-refractivity contribution in [3.05, 3.63) is 118 Å². The maximum Gasteiger partial charge on any atom is 0.258 e. The second kappa shape index (κ2) is 16.4. The quantitative estimate of drug-likeness (QED) is 0.134. The van der Waals surface area contributed by atoms with Gasteiger partial charge < -0.3 is 25.2 Å². The fourth-order valence-electron chi connectivity index (χ4n) is 8.66. The number of nitrogens with zero attached hydrogens (tertiary/aromatic N) is 4. The summed E-state index contributed by atoms with van der Waals surface area (Å²) in [5, 5.41) is 16.9. The highest BCUT2D eigenvalue weighted by atomic mass is 19.1. The molecule has 1 aromatic heterocycles. The number of piperazine rings is 1. The van der Waals surface area contributed by atoms with Crippen molar-refractivity contribution < 1.29 is 37.1 Å². The first-order valence-corrected chi connectivity index (χ1v) is 20.2. The molecule has 4 aliphatic heterocycles. The van der Waals surface area contributed by atoms with Crippen molar-refractivity contribution in [2.24, 2.45) is 0 Å². The van der Waals surface area contributed by atoms with E-state index in [1.807, 2.05) is 30.3 Å².